The van der Waals surface area contributed by atoms with Crippen molar-refractivity contribution in [2.24, 2.45) is 0 Å². The summed E-state index contributed by atoms with van der Waals surface area (Å²) < 4.78 is 2.04. The second kappa shape index (κ2) is 6.57. The molecule has 7 heteroatoms. The lowest BCUT2D eigenvalue weighted by Crippen LogP contribution is -2.50. The molecule has 0 saturated carbocycles. The van der Waals surface area contributed by atoms with E-state index in [9.17, 15) is 9.59 Å². The van der Waals surface area contributed by atoms with E-state index in [1.54, 1.807) is 23.2 Å². The number of hydrogen-bond acceptors (Lipinski definition) is 4. The highest BCUT2D eigenvalue weighted by molar-refractivity contribution is 5.93. The lowest BCUT2D eigenvalue weighted by atomic mass is 10.2. The predicted molar refractivity (Wildman–Crippen MR) is 81.6 cm³/mol. The van der Waals surface area contributed by atoms with Gasteiger partial charge in [0.25, 0.3) is 11.5 Å². The molecule has 0 aromatic carbocycles. The number of pyridine rings is 1. The van der Waals surface area contributed by atoms with Crippen LogP contribution in [0.15, 0.2) is 41.8 Å². The van der Waals surface area contributed by atoms with Crippen molar-refractivity contribution in [2.75, 3.05) is 32.7 Å². The number of nitrogens with one attached hydrogen (secondary N) is 1. The fourth-order valence-corrected chi connectivity index (χ4v) is 2.61. The highest BCUT2D eigenvalue weighted by atomic mass is 16.2. The van der Waals surface area contributed by atoms with Crippen LogP contribution in [0.5, 0.6) is 0 Å². The molecule has 1 aliphatic heterocycles. The summed E-state index contributed by atoms with van der Waals surface area (Å²) in [6.07, 6.45) is 7.06. The van der Waals surface area contributed by atoms with Crippen LogP contribution in [0, 0.1) is 0 Å². The van der Waals surface area contributed by atoms with Gasteiger partial charge in [-0.1, -0.05) is 0 Å². The van der Waals surface area contributed by atoms with E-state index < -0.39 is 0 Å². The van der Waals surface area contributed by atoms with E-state index in [0.29, 0.717) is 13.1 Å². The van der Waals surface area contributed by atoms with E-state index in [1.165, 1.54) is 6.20 Å². The van der Waals surface area contributed by atoms with Crippen molar-refractivity contribution in [1.29, 1.82) is 0 Å². The first kappa shape index (κ1) is 14.5. The summed E-state index contributed by atoms with van der Waals surface area (Å²) in [6, 6.07) is 3.25. The Balaban J connectivity index is 1.52. The topological polar surface area (TPSA) is 74.2 Å². The zero-order valence-electron chi connectivity index (χ0n) is 12.3. The smallest absolute Gasteiger partial charge is 0.260 e. The van der Waals surface area contributed by atoms with E-state index in [2.05, 4.69) is 14.9 Å². The Morgan fingerprint density at radius 2 is 2.05 bits per heavy atom. The molecule has 116 valence electrons. The first-order valence-corrected chi connectivity index (χ1v) is 7.39. The molecule has 0 aliphatic carbocycles. The fourth-order valence-electron chi connectivity index (χ4n) is 2.61. The number of piperazine rings is 1. The quantitative estimate of drug-likeness (QED) is 0.864. The van der Waals surface area contributed by atoms with Crippen molar-refractivity contribution in [3.05, 3.63) is 53.0 Å². The zero-order chi connectivity index (χ0) is 15.4. The summed E-state index contributed by atoms with van der Waals surface area (Å²) >= 11 is 0. The number of aromatic amines is 1. The minimum absolute atomic E-state index is 0.184. The van der Waals surface area contributed by atoms with Crippen LogP contribution in [0.4, 0.5) is 0 Å². The minimum Gasteiger partial charge on any atom is -0.336 e. The van der Waals surface area contributed by atoms with Crippen LogP contribution >= 0.6 is 0 Å². The third kappa shape index (κ3) is 3.25. The molecule has 1 aliphatic rings. The molecule has 1 saturated heterocycles. The first-order chi connectivity index (χ1) is 10.7. The monoisotopic (exact) mass is 301 g/mol. The van der Waals surface area contributed by atoms with E-state index in [0.717, 1.165) is 26.2 Å². The Bertz CT molecular complexity index is 671. The largest absolute Gasteiger partial charge is 0.336 e. The highest BCUT2D eigenvalue weighted by Gasteiger charge is 2.23. The summed E-state index contributed by atoms with van der Waals surface area (Å²) in [4.78, 5) is 34.7. The molecule has 1 N–H and O–H groups in total. The number of H-pyrrole nitrogens is 1. The van der Waals surface area contributed by atoms with Crippen molar-refractivity contribution < 1.29 is 4.79 Å². The number of amides is 1. The van der Waals surface area contributed by atoms with Crippen molar-refractivity contribution >= 4 is 5.91 Å². The van der Waals surface area contributed by atoms with Gasteiger partial charge in [-0.3, -0.25) is 14.5 Å². The van der Waals surface area contributed by atoms with E-state index >= 15 is 0 Å². The number of carbonyl (C=O) groups is 1. The predicted octanol–water partition coefficient (Wildman–Crippen LogP) is 0.0294. The molecule has 2 aromatic rings. The standard InChI is InChI=1S/C15H19N5O2/c21-14-13(2-1-3-17-14)15(22)20-10-8-18(9-11-20)6-7-19-5-4-16-12-19/h1-5,12H,6-11H2,(H,17,21). The van der Waals surface area contributed by atoms with Gasteiger partial charge in [0.15, 0.2) is 0 Å². The summed E-state index contributed by atoms with van der Waals surface area (Å²) in [7, 11) is 0. The second-order valence-electron chi connectivity index (χ2n) is 5.35. The van der Waals surface area contributed by atoms with E-state index in [4.69, 9.17) is 0 Å². The molecule has 0 radical (unpaired) electrons. The van der Waals surface area contributed by atoms with Gasteiger partial charge in [0, 0.05) is 57.9 Å². The highest BCUT2D eigenvalue weighted by Crippen LogP contribution is 2.06. The van der Waals surface area contributed by atoms with Crippen LogP contribution in [0.3, 0.4) is 0 Å². The maximum atomic E-state index is 12.3. The molecular formula is C15H19N5O2. The normalized spacial score (nSPS) is 15.9. The molecular weight excluding hydrogens is 282 g/mol. The van der Waals surface area contributed by atoms with Gasteiger partial charge in [0.05, 0.1) is 6.33 Å². The van der Waals surface area contributed by atoms with Crippen LogP contribution in [-0.4, -0.2) is 63.0 Å². The van der Waals surface area contributed by atoms with Crippen molar-refractivity contribution in [3.63, 3.8) is 0 Å². The molecule has 2 aromatic heterocycles. The van der Waals surface area contributed by atoms with Gasteiger partial charge in [-0.2, -0.15) is 0 Å². The number of nitrogens with zero attached hydrogens (tertiary/aromatic N) is 4. The number of imidazole rings is 1. The minimum atomic E-state index is -0.324. The second-order valence-corrected chi connectivity index (χ2v) is 5.35. The molecule has 22 heavy (non-hydrogen) atoms. The van der Waals surface area contributed by atoms with Gasteiger partial charge >= 0.3 is 0 Å². The summed E-state index contributed by atoms with van der Waals surface area (Å²) in [6.45, 7) is 4.78. The van der Waals surface area contributed by atoms with Gasteiger partial charge in [-0.25, -0.2) is 4.98 Å². The summed E-state index contributed by atoms with van der Waals surface area (Å²) in [5.41, 5.74) is -0.107. The first-order valence-electron chi connectivity index (χ1n) is 7.39. The third-order valence-corrected chi connectivity index (χ3v) is 3.94. The molecule has 0 spiro atoms. The summed E-state index contributed by atoms with van der Waals surface area (Å²) in [5.74, 6) is -0.184. The van der Waals surface area contributed by atoms with Crippen molar-refractivity contribution in [3.8, 4) is 0 Å². The molecule has 1 amide bonds. The van der Waals surface area contributed by atoms with Crippen LogP contribution in [0.2, 0.25) is 0 Å². The third-order valence-electron chi connectivity index (χ3n) is 3.94. The molecule has 3 rings (SSSR count). The zero-order valence-corrected chi connectivity index (χ0v) is 12.3. The maximum absolute atomic E-state index is 12.3. The van der Waals surface area contributed by atoms with Crippen LogP contribution in [-0.2, 0) is 6.54 Å². The van der Waals surface area contributed by atoms with Crippen molar-refractivity contribution in [2.45, 2.75) is 6.54 Å². The van der Waals surface area contributed by atoms with Gasteiger partial charge in [-0.15, -0.1) is 0 Å². The van der Waals surface area contributed by atoms with Crippen LogP contribution in [0.1, 0.15) is 10.4 Å². The van der Waals surface area contributed by atoms with Crippen LogP contribution in [0.25, 0.3) is 0 Å². The molecule has 0 unspecified atom stereocenters. The lowest BCUT2D eigenvalue weighted by Gasteiger charge is -2.34. The Kier molecular flexibility index (Phi) is 4.34. The maximum Gasteiger partial charge on any atom is 0.260 e. The Morgan fingerprint density at radius 3 is 2.73 bits per heavy atom. The fraction of sp³-hybridized carbons (Fsp3) is 0.400. The van der Waals surface area contributed by atoms with Gasteiger partial charge in [0.1, 0.15) is 5.56 Å². The van der Waals surface area contributed by atoms with Crippen LogP contribution < -0.4 is 5.56 Å². The Labute approximate surface area is 128 Å². The van der Waals surface area contributed by atoms with Crippen molar-refractivity contribution in [1.82, 2.24) is 24.3 Å². The number of rotatable bonds is 4. The molecule has 7 nitrogen and oxygen atoms in total. The number of aromatic nitrogens is 3. The number of carbonyl (C=O) groups excluding carboxylic acids is 1. The molecule has 3 heterocycles. The Morgan fingerprint density at radius 1 is 1.23 bits per heavy atom. The van der Waals surface area contributed by atoms with Gasteiger partial charge in [0.2, 0.25) is 0 Å². The summed E-state index contributed by atoms with van der Waals surface area (Å²) in [5, 5.41) is 0. The Hall–Kier alpha value is -2.41. The SMILES string of the molecule is O=C(c1ccc[nH]c1=O)N1CCN(CCn2ccnc2)CC1. The lowest BCUT2D eigenvalue weighted by molar-refractivity contribution is 0.0631. The van der Waals surface area contributed by atoms with E-state index in [1.807, 2.05) is 17.1 Å². The average molecular weight is 301 g/mol. The molecule has 0 atom stereocenters. The molecule has 1 fully saturated rings. The van der Waals surface area contributed by atoms with Gasteiger partial charge < -0.3 is 14.5 Å². The molecule has 0 bridgehead atoms. The average Bonchev–Trinajstić information content (AvgIpc) is 3.07. The van der Waals surface area contributed by atoms with E-state index in [-0.39, 0.29) is 17.0 Å². The number of hydrogen-bond donors (Lipinski definition) is 1. The van der Waals surface area contributed by atoms with Gasteiger partial charge in [-0.05, 0) is 12.1 Å².